The van der Waals surface area contributed by atoms with Gasteiger partial charge in [0.05, 0.1) is 13.2 Å². The van der Waals surface area contributed by atoms with Gasteiger partial charge in [-0.2, -0.15) is 0 Å². The number of hydrogen-bond acceptors (Lipinski definition) is 3. The highest BCUT2D eigenvalue weighted by atomic mass is 127. The molecule has 0 spiro atoms. The molecule has 0 radical (unpaired) electrons. The summed E-state index contributed by atoms with van der Waals surface area (Å²) >= 11 is 0. The molecule has 0 bridgehead atoms. The number of ether oxygens (including phenoxy) is 1. The number of nitrogens with one attached hydrogen (secondary N) is 2. The number of rotatable bonds is 7. The van der Waals surface area contributed by atoms with Crippen molar-refractivity contribution in [3.63, 3.8) is 0 Å². The van der Waals surface area contributed by atoms with E-state index in [-0.39, 0.29) is 48.1 Å². The summed E-state index contributed by atoms with van der Waals surface area (Å²) in [5, 5.41) is 15.6. The van der Waals surface area contributed by atoms with E-state index in [9.17, 15) is 13.9 Å². The molecule has 0 aliphatic carbocycles. The van der Waals surface area contributed by atoms with Crippen molar-refractivity contribution in [3.8, 4) is 0 Å². The summed E-state index contributed by atoms with van der Waals surface area (Å²) in [5.74, 6) is -0.424. The lowest BCUT2D eigenvalue weighted by Crippen LogP contribution is -2.44. The normalized spacial score (nSPS) is 20.2. The number of aliphatic imine (C=N–C) groups is 1. The highest BCUT2D eigenvalue weighted by Crippen LogP contribution is 2.31. The minimum Gasteiger partial charge on any atom is -0.396 e. The van der Waals surface area contributed by atoms with Crippen molar-refractivity contribution in [2.45, 2.75) is 26.3 Å². The molecular formula is C17H26F2IN3O2. The van der Waals surface area contributed by atoms with Crippen LogP contribution >= 0.6 is 24.0 Å². The Balaban J connectivity index is 0.00000312. The molecule has 1 saturated heterocycles. The minimum absolute atomic E-state index is 0. The second-order valence-electron chi connectivity index (χ2n) is 6.06. The van der Waals surface area contributed by atoms with E-state index >= 15 is 0 Å². The monoisotopic (exact) mass is 469 g/mol. The van der Waals surface area contributed by atoms with E-state index in [0.29, 0.717) is 38.7 Å². The number of halogens is 3. The molecule has 2 rings (SSSR count). The summed E-state index contributed by atoms with van der Waals surface area (Å²) in [6, 6.07) is 3.35. The van der Waals surface area contributed by atoms with Gasteiger partial charge in [0.15, 0.2) is 5.96 Å². The summed E-state index contributed by atoms with van der Waals surface area (Å²) in [6.45, 7) is 4.62. The second-order valence-corrected chi connectivity index (χ2v) is 6.06. The smallest absolute Gasteiger partial charge is 0.191 e. The standard InChI is InChI=1S/C17H25F2N3O2.HI/c1-2-20-16(21-10-13-9-14(18)3-4-15(13)19)22-11-17(5-7-23)6-8-24-12-17;/h3-4,9,23H,2,5-8,10-12H2,1H3,(H2,20,21,22);1H. The molecule has 1 aliphatic heterocycles. The Kier molecular flexibility index (Phi) is 9.58. The summed E-state index contributed by atoms with van der Waals surface area (Å²) < 4.78 is 32.4. The topological polar surface area (TPSA) is 65.9 Å². The summed E-state index contributed by atoms with van der Waals surface area (Å²) in [6.07, 6.45) is 1.52. The Morgan fingerprint density at radius 3 is 2.80 bits per heavy atom. The number of aliphatic hydroxyl groups excluding tert-OH is 1. The molecule has 0 saturated carbocycles. The quantitative estimate of drug-likeness (QED) is 0.326. The van der Waals surface area contributed by atoms with Crippen LogP contribution in [0.1, 0.15) is 25.3 Å². The van der Waals surface area contributed by atoms with E-state index in [2.05, 4.69) is 15.6 Å². The third-order valence-electron chi connectivity index (χ3n) is 4.22. The second kappa shape index (κ2) is 10.9. The van der Waals surface area contributed by atoms with Gasteiger partial charge in [-0.3, -0.25) is 0 Å². The van der Waals surface area contributed by atoms with Crippen LogP contribution in [0.25, 0.3) is 0 Å². The van der Waals surface area contributed by atoms with E-state index in [4.69, 9.17) is 4.74 Å². The lowest BCUT2D eigenvalue weighted by Gasteiger charge is -2.27. The average molecular weight is 469 g/mol. The molecule has 1 aromatic carbocycles. The predicted molar refractivity (Wildman–Crippen MR) is 104 cm³/mol. The molecule has 1 unspecified atom stereocenters. The Labute approximate surface area is 164 Å². The fourth-order valence-corrected chi connectivity index (χ4v) is 2.75. The van der Waals surface area contributed by atoms with E-state index in [1.807, 2.05) is 6.92 Å². The van der Waals surface area contributed by atoms with Crippen LogP contribution in [0.4, 0.5) is 8.78 Å². The molecule has 1 aliphatic rings. The first-order chi connectivity index (χ1) is 11.6. The SMILES string of the molecule is CCNC(=NCc1cc(F)ccc1F)NCC1(CCO)CCOC1.I. The summed E-state index contributed by atoms with van der Waals surface area (Å²) in [7, 11) is 0. The Hall–Kier alpha value is -1.00. The van der Waals surface area contributed by atoms with E-state index in [0.717, 1.165) is 24.6 Å². The van der Waals surface area contributed by atoms with Gasteiger partial charge < -0.3 is 20.5 Å². The molecule has 25 heavy (non-hydrogen) atoms. The molecule has 1 fully saturated rings. The van der Waals surface area contributed by atoms with Crippen LogP contribution in [0.5, 0.6) is 0 Å². The van der Waals surface area contributed by atoms with Crippen molar-refractivity contribution in [2.75, 3.05) is 32.9 Å². The van der Waals surface area contributed by atoms with Gasteiger partial charge in [0.2, 0.25) is 0 Å². The van der Waals surface area contributed by atoms with Crippen LogP contribution in [0.2, 0.25) is 0 Å². The molecule has 3 N–H and O–H groups in total. The predicted octanol–water partition coefficient (Wildman–Crippen LogP) is 2.43. The maximum absolute atomic E-state index is 13.7. The van der Waals surface area contributed by atoms with Crippen molar-refractivity contribution in [2.24, 2.45) is 10.4 Å². The van der Waals surface area contributed by atoms with E-state index in [1.54, 1.807) is 0 Å². The van der Waals surface area contributed by atoms with Gasteiger partial charge in [-0.15, -0.1) is 24.0 Å². The molecule has 142 valence electrons. The van der Waals surface area contributed by atoms with Gasteiger partial charge >= 0.3 is 0 Å². The minimum atomic E-state index is -0.482. The van der Waals surface area contributed by atoms with Crippen LogP contribution in [0, 0.1) is 17.0 Å². The first-order valence-electron chi connectivity index (χ1n) is 8.23. The van der Waals surface area contributed by atoms with Crippen LogP contribution in [-0.2, 0) is 11.3 Å². The Morgan fingerprint density at radius 2 is 2.16 bits per heavy atom. The van der Waals surface area contributed by atoms with Gasteiger partial charge in [0.25, 0.3) is 0 Å². The zero-order valence-corrected chi connectivity index (χ0v) is 16.7. The molecule has 0 aromatic heterocycles. The highest BCUT2D eigenvalue weighted by Gasteiger charge is 2.34. The number of hydrogen-bond donors (Lipinski definition) is 3. The lowest BCUT2D eigenvalue weighted by atomic mass is 9.84. The van der Waals surface area contributed by atoms with E-state index in [1.165, 1.54) is 0 Å². The number of guanidine groups is 1. The summed E-state index contributed by atoms with van der Waals surface area (Å²) in [5.41, 5.74) is 0.0937. The van der Waals surface area contributed by atoms with Gasteiger partial charge in [0.1, 0.15) is 11.6 Å². The van der Waals surface area contributed by atoms with Crippen molar-refractivity contribution in [3.05, 3.63) is 35.4 Å². The van der Waals surface area contributed by atoms with E-state index < -0.39 is 11.6 Å². The molecule has 0 amide bonds. The Morgan fingerprint density at radius 1 is 1.36 bits per heavy atom. The van der Waals surface area contributed by atoms with Gasteiger partial charge in [-0.1, -0.05) is 0 Å². The fraction of sp³-hybridized carbons (Fsp3) is 0.588. The van der Waals surface area contributed by atoms with Crippen molar-refractivity contribution in [1.82, 2.24) is 10.6 Å². The Bertz CT molecular complexity index is 567. The number of benzene rings is 1. The number of nitrogens with zero attached hydrogens (tertiary/aromatic N) is 1. The van der Waals surface area contributed by atoms with Gasteiger partial charge in [0, 0.05) is 37.3 Å². The molecular weight excluding hydrogens is 443 g/mol. The van der Waals surface area contributed by atoms with Crippen LogP contribution in [0.15, 0.2) is 23.2 Å². The first-order valence-corrected chi connectivity index (χ1v) is 8.23. The summed E-state index contributed by atoms with van der Waals surface area (Å²) in [4.78, 5) is 4.32. The molecule has 8 heteroatoms. The van der Waals surface area contributed by atoms with Gasteiger partial charge in [-0.05, 0) is 38.0 Å². The zero-order valence-electron chi connectivity index (χ0n) is 14.4. The third kappa shape index (κ3) is 6.67. The maximum atomic E-state index is 13.7. The lowest BCUT2D eigenvalue weighted by molar-refractivity contribution is 0.127. The first kappa shape index (κ1) is 22.0. The molecule has 1 atom stereocenters. The van der Waals surface area contributed by atoms with Crippen LogP contribution in [-0.4, -0.2) is 44.0 Å². The largest absolute Gasteiger partial charge is 0.396 e. The average Bonchev–Trinajstić information content (AvgIpc) is 3.02. The van der Waals surface area contributed by atoms with Crippen molar-refractivity contribution >= 4 is 29.9 Å². The van der Waals surface area contributed by atoms with Gasteiger partial charge in [-0.25, -0.2) is 13.8 Å². The maximum Gasteiger partial charge on any atom is 0.191 e. The molecule has 5 nitrogen and oxygen atoms in total. The van der Waals surface area contributed by atoms with Crippen molar-refractivity contribution < 1.29 is 18.6 Å². The van der Waals surface area contributed by atoms with Crippen molar-refractivity contribution in [1.29, 1.82) is 0 Å². The fourth-order valence-electron chi connectivity index (χ4n) is 2.75. The van der Waals surface area contributed by atoms with Crippen LogP contribution < -0.4 is 10.6 Å². The third-order valence-corrected chi connectivity index (χ3v) is 4.22. The van der Waals surface area contributed by atoms with Crippen LogP contribution in [0.3, 0.4) is 0 Å². The highest BCUT2D eigenvalue weighted by molar-refractivity contribution is 14.0. The molecule has 1 heterocycles. The zero-order chi connectivity index (χ0) is 17.4. The molecule has 1 aromatic rings. The number of aliphatic hydroxyl groups is 1.